The highest BCUT2D eigenvalue weighted by atomic mass is 16.2. The standard InChI is InChI=1S/C21H26N4O/c1-15-7-8-18(14-22-15)21(26)25-11-9-17(10-12-25)20-13-19(23-24-20)16-5-3-2-4-6-16/h2-8,14,17,19-20,23-24H,9-13H2,1H3. The molecule has 1 amide bonds. The number of piperidine rings is 1. The lowest BCUT2D eigenvalue weighted by molar-refractivity contribution is 0.0672. The maximum Gasteiger partial charge on any atom is 0.255 e. The van der Waals surface area contributed by atoms with Gasteiger partial charge in [-0.05, 0) is 49.8 Å². The number of pyridine rings is 1. The fourth-order valence-corrected chi connectivity index (χ4v) is 4.08. The number of nitrogens with one attached hydrogen (secondary N) is 2. The fourth-order valence-electron chi connectivity index (χ4n) is 4.08. The number of aryl methyl sites for hydroxylation is 1. The van der Waals surface area contributed by atoms with E-state index < -0.39 is 0 Å². The molecule has 2 aliphatic rings. The third kappa shape index (κ3) is 3.64. The van der Waals surface area contributed by atoms with E-state index in [4.69, 9.17) is 0 Å². The molecule has 3 heterocycles. The second-order valence-corrected chi connectivity index (χ2v) is 7.41. The summed E-state index contributed by atoms with van der Waals surface area (Å²) < 4.78 is 0. The van der Waals surface area contributed by atoms with E-state index in [9.17, 15) is 4.79 Å². The molecule has 0 aliphatic carbocycles. The number of rotatable bonds is 3. The Morgan fingerprint density at radius 2 is 1.85 bits per heavy atom. The second kappa shape index (κ2) is 7.56. The molecule has 0 saturated carbocycles. The zero-order valence-electron chi connectivity index (χ0n) is 15.2. The van der Waals surface area contributed by atoms with Crippen LogP contribution in [0.3, 0.4) is 0 Å². The Hall–Kier alpha value is -2.24. The summed E-state index contributed by atoms with van der Waals surface area (Å²) in [6.07, 6.45) is 4.89. The van der Waals surface area contributed by atoms with E-state index in [2.05, 4.69) is 46.2 Å². The van der Waals surface area contributed by atoms with Gasteiger partial charge in [-0.2, -0.15) is 0 Å². The van der Waals surface area contributed by atoms with Gasteiger partial charge in [-0.25, -0.2) is 0 Å². The molecule has 26 heavy (non-hydrogen) atoms. The van der Waals surface area contributed by atoms with Crippen molar-refractivity contribution in [1.82, 2.24) is 20.7 Å². The molecular weight excluding hydrogens is 324 g/mol. The molecular formula is C21H26N4O. The van der Waals surface area contributed by atoms with Gasteiger partial charge < -0.3 is 4.90 Å². The van der Waals surface area contributed by atoms with Crippen LogP contribution in [0.15, 0.2) is 48.7 Å². The minimum Gasteiger partial charge on any atom is -0.339 e. The lowest BCUT2D eigenvalue weighted by Crippen LogP contribution is -2.44. The summed E-state index contributed by atoms with van der Waals surface area (Å²) >= 11 is 0. The first-order valence-electron chi connectivity index (χ1n) is 9.48. The summed E-state index contributed by atoms with van der Waals surface area (Å²) in [5, 5.41) is 0. The van der Waals surface area contributed by atoms with Crippen molar-refractivity contribution in [3.63, 3.8) is 0 Å². The summed E-state index contributed by atoms with van der Waals surface area (Å²) in [5.74, 6) is 0.715. The number of carbonyl (C=O) groups excluding carboxylic acids is 1. The van der Waals surface area contributed by atoms with E-state index >= 15 is 0 Å². The third-order valence-electron chi connectivity index (χ3n) is 5.69. The van der Waals surface area contributed by atoms with Gasteiger partial charge in [-0.15, -0.1) is 0 Å². The maximum absolute atomic E-state index is 12.6. The number of benzene rings is 1. The van der Waals surface area contributed by atoms with Gasteiger partial charge in [0.15, 0.2) is 0 Å². The van der Waals surface area contributed by atoms with Gasteiger partial charge in [0, 0.05) is 37.1 Å². The summed E-state index contributed by atoms with van der Waals surface area (Å²) in [6, 6.07) is 15.2. The number of aromatic nitrogens is 1. The lowest BCUT2D eigenvalue weighted by atomic mass is 9.86. The average molecular weight is 350 g/mol. The first-order chi connectivity index (χ1) is 12.7. The van der Waals surface area contributed by atoms with Gasteiger partial charge in [-0.3, -0.25) is 20.6 Å². The first kappa shape index (κ1) is 17.2. The van der Waals surface area contributed by atoms with E-state index in [1.54, 1.807) is 6.20 Å². The van der Waals surface area contributed by atoms with Crippen LogP contribution in [-0.4, -0.2) is 34.9 Å². The van der Waals surface area contributed by atoms with Gasteiger partial charge in [-0.1, -0.05) is 30.3 Å². The quantitative estimate of drug-likeness (QED) is 0.894. The number of hydrogen-bond donors (Lipinski definition) is 2. The van der Waals surface area contributed by atoms with Gasteiger partial charge in [0.25, 0.3) is 5.91 Å². The predicted octanol–water partition coefficient (Wildman–Crippen LogP) is 2.85. The summed E-state index contributed by atoms with van der Waals surface area (Å²) in [6.45, 7) is 3.59. The number of hydrogen-bond acceptors (Lipinski definition) is 4. The minimum absolute atomic E-state index is 0.107. The van der Waals surface area contributed by atoms with Crippen LogP contribution in [0.25, 0.3) is 0 Å². The van der Waals surface area contributed by atoms with Crippen LogP contribution >= 0.6 is 0 Å². The third-order valence-corrected chi connectivity index (χ3v) is 5.69. The van der Waals surface area contributed by atoms with Gasteiger partial charge in [0.05, 0.1) is 5.56 Å². The van der Waals surface area contributed by atoms with E-state index in [-0.39, 0.29) is 5.91 Å². The molecule has 0 spiro atoms. The maximum atomic E-state index is 12.6. The molecule has 136 valence electrons. The molecule has 2 unspecified atom stereocenters. The molecule has 5 heteroatoms. The summed E-state index contributed by atoms with van der Waals surface area (Å²) in [7, 11) is 0. The SMILES string of the molecule is Cc1ccc(C(=O)N2CCC(C3CC(c4ccccc4)NN3)CC2)cn1. The monoisotopic (exact) mass is 350 g/mol. The highest BCUT2D eigenvalue weighted by Crippen LogP contribution is 2.30. The summed E-state index contributed by atoms with van der Waals surface area (Å²) in [4.78, 5) is 18.9. The topological polar surface area (TPSA) is 57.3 Å². The molecule has 2 aromatic rings. The zero-order chi connectivity index (χ0) is 17.9. The van der Waals surface area contributed by atoms with Crippen molar-refractivity contribution in [2.24, 2.45) is 5.92 Å². The Labute approximate surface area is 154 Å². The van der Waals surface area contributed by atoms with Crippen LogP contribution in [-0.2, 0) is 0 Å². The summed E-state index contributed by atoms with van der Waals surface area (Å²) in [5.41, 5.74) is 9.91. The van der Waals surface area contributed by atoms with Crippen LogP contribution in [0.5, 0.6) is 0 Å². The van der Waals surface area contributed by atoms with Gasteiger partial charge in [0.1, 0.15) is 0 Å². The van der Waals surface area contributed by atoms with Crippen molar-refractivity contribution in [2.75, 3.05) is 13.1 Å². The molecule has 0 bridgehead atoms. The van der Waals surface area contributed by atoms with E-state index in [0.29, 0.717) is 23.6 Å². The molecule has 2 atom stereocenters. The van der Waals surface area contributed by atoms with E-state index in [0.717, 1.165) is 38.0 Å². The fraction of sp³-hybridized carbons (Fsp3) is 0.429. The second-order valence-electron chi connectivity index (χ2n) is 7.41. The molecule has 5 nitrogen and oxygen atoms in total. The van der Waals surface area contributed by atoms with Gasteiger partial charge in [0.2, 0.25) is 0 Å². The van der Waals surface area contributed by atoms with E-state index in [1.165, 1.54) is 5.56 Å². The number of likely N-dealkylation sites (tertiary alicyclic amines) is 1. The van der Waals surface area contributed by atoms with Crippen LogP contribution in [0.1, 0.15) is 46.9 Å². The van der Waals surface area contributed by atoms with E-state index in [1.807, 2.05) is 24.0 Å². The van der Waals surface area contributed by atoms with Crippen molar-refractivity contribution < 1.29 is 4.79 Å². The Morgan fingerprint density at radius 3 is 2.54 bits per heavy atom. The molecule has 2 saturated heterocycles. The largest absolute Gasteiger partial charge is 0.339 e. The molecule has 4 rings (SSSR count). The molecule has 2 N–H and O–H groups in total. The Balaban J connectivity index is 1.31. The number of hydrazine groups is 1. The predicted molar refractivity (Wildman–Crippen MR) is 101 cm³/mol. The lowest BCUT2D eigenvalue weighted by Gasteiger charge is -2.34. The first-order valence-corrected chi connectivity index (χ1v) is 9.48. The van der Waals surface area contributed by atoms with Crippen molar-refractivity contribution in [2.45, 2.75) is 38.3 Å². The smallest absolute Gasteiger partial charge is 0.255 e. The van der Waals surface area contributed by atoms with Crippen molar-refractivity contribution in [3.8, 4) is 0 Å². The highest BCUT2D eigenvalue weighted by Gasteiger charge is 2.34. The van der Waals surface area contributed by atoms with Gasteiger partial charge >= 0.3 is 0 Å². The molecule has 2 fully saturated rings. The van der Waals surface area contributed by atoms with Crippen molar-refractivity contribution >= 4 is 5.91 Å². The van der Waals surface area contributed by atoms with Crippen LogP contribution in [0.2, 0.25) is 0 Å². The molecule has 2 aliphatic heterocycles. The highest BCUT2D eigenvalue weighted by molar-refractivity contribution is 5.93. The Morgan fingerprint density at radius 1 is 1.08 bits per heavy atom. The molecule has 1 aromatic carbocycles. The molecule has 0 radical (unpaired) electrons. The molecule has 1 aromatic heterocycles. The Bertz CT molecular complexity index is 738. The number of amides is 1. The van der Waals surface area contributed by atoms with Crippen molar-refractivity contribution in [3.05, 3.63) is 65.5 Å². The average Bonchev–Trinajstić information content (AvgIpc) is 3.19. The Kier molecular flexibility index (Phi) is 5.00. The normalized spacial score (nSPS) is 24.0. The zero-order valence-corrected chi connectivity index (χ0v) is 15.2. The van der Waals surface area contributed by atoms with Crippen LogP contribution < -0.4 is 10.9 Å². The van der Waals surface area contributed by atoms with Crippen LogP contribution in [0, 0.1) is 12.8 Å². The minimum atomic E-state index is 0.107. The number of nitrogens with zero attached hydrogens (tertiary/aromatic N) is 2. The van der Waals surface area contributed by atoms with Crippen LogP contribution in [0.4, 0.5) is 0 Å². The number of carbonyl (C=O) groups is 1. The van der Waals surface area contributed by atoms with Crippen molar-refractivity contribution in [1.29, 1.82) is 0 Å².